The molecule has 3 N–H and O–H groups in total. The predicted octanol–water partition coefficient (Wildman–Crippen LogP) is 2.74. The van der Waals surface area contributed by atoms with Gasteiger partial charge in [-0.25, -0.2) is 4.79 Å². The van der Waals surface area contributed by atoms with Crippen molar-refractivity contribution in [3.8, 4) is 0 Å². The number of aliphatic hydroxyl groups is 2. The van der Waals surface area contributed by atoms with Crippen LogP contribution >= 0.6 is 0 Å². The van der Waals surface area contributed by atoms with Gasteiger partial charge in [-0.05, 0) is 13.3 Å². The third-order valence-corrected chi connectivity index (χ3v) is 6.33. The van der Waals surface area contributed by atoms with Gasteiger partial charge in [-0.3, -0.25) is 0 Å². The van der Waals surface area contributed by atoms with Crippen molar-refractivity contribution in [3.05, 3.63) is 24.3 Å². The molecule has 154 valence electrons. The van der Waals surface area contributed by atoms with Gasteiger partial charge in [0.15, 0.2) is 5.79 Å². The lowest BCUT2D eigenvalue weighted by Gasteiger charge is -2.56. The number of hydrogen-bond acceptors (Lipinski definition) is 5. The van der Waals surface area contributed by atoms with Crippen LogP contribution in [0.1, 0.15) is 47.5 Å². The van der Waals surface area contributed by atoms with Crippen LogP contribution in [-0.2, 0) is 14.3 Å². The Bertz CT molecular complexity index is 559. The Morgan fingerprint density at radius 2 is 1.89 bits per heavy atom. The van der Waals surface area contributed by atoms with Gasteiger partial charge in [0.25, 0.3) is 0 Å². The van der Waals surface area contributed by atoms with Crippen molar-refractivity contribution in [1.82, 2.24) is 0 Å². The van der Waals surface area contributed by atoms with E-state index in [-0.39, 0.29) is 35.9 Å². The first-order chi connectivity index (χ1) is 12.6. The van der Waals surface area contributed by atoms with Gasteiger partial charge in [-0.2, -0.15) is 0 Å². The summed E-state index contributed by atoms with van der Waals surface area (Å²) in [5.41, 5.74) is 0. The molecule has 2 saturated heterocycles. The number of carboxylic acid groups (broad SMARTS) is 1. The third-order valence-electron chi connectivity index (χ3n) is 6.33. The molecule has 6 heteroatoms. The van der Waals surface area contributed by atoms with Gasteiger partial charge in [-0.15, -0.1) is 0 Å². The van der Waals surface area contributed by atoms with Gasteiger partial charge < -0.3 is 24.8 Å². The number of carboxylic acids is 1. The molecule has 0 aromatic heterocycles. The highest BCUT2D eigenvalue weighted by Crippen LogP contribution is 2.48. The molecule has 9 atom stereocenters. The molecule has 9 unspecified atom stereocenters. The summed E-state index contributed by atoms with van der Waals surface area (Å²) >= 11 is 0. The lowest BCUT2D eigenvalue weighted by molar-refractivity contribution is -0.382. The summed E-state index contributed by atoms with van der Waals surface area (Å²) in [6, 6.07) is 0. The maximum Gasteiger partial charge on any atom is 0.328 e. The van der Waals surface area contributed by atoms with Gasteiger partial charge in [-0.1, -0.05) is 45.9 Å². The van der Waals surface area contributed by atoms with Gasteiger partial charge in [0, 0.05) is 36.2 Å². The summed E-state index contributed by atoms with van der Waals surface area (Å²) in [6.07, 6.45) is 5.63. The lowest BCUT2D eigenvalue weighted by atomic mass is 9.73. The van der Waals surface area contributed by atoms with E-state index in [2.05, 4.69) is 0 Å². The SMILES string of the molecule is CCC1C(O)CC2(OC1C)OC(C(C)/C=C/C=C/C(=O)O)C(C)C(O)C2C. The Kier molecular flexibility index (Phi) is 7.25. The molecule has 0 amide bonds. The Morgan fingerprint density at radius 1 is 1.22 bits per heavy atom. The number of rotatable bonds is 5. The van der Waals surface area contributed by atoms with E-state index in [1.165, 1.54) is 6.08 Å². The van der Waals surface area contributed by atoms with E-state index in [1.54, 1.807) is 6.08 Å². The minimum absolute atomic E-state index is 0.0554. The molecule has 0 aliphatic carbocycles. The van der Waals surface area contributed by atoms with Crippen LogP contribution in [0.2, 0.25) is 0 Å². The van der Waals surface area contributed by atoms with Gasteiger partial charge in [0.1, 0.15) is 0 Å². The number of aliphatic carboxylic acids is 1. The average molecular weight is 382 g/mol. The summed E-state index contributed by atoms with van der Waals surface area (Å²) in [6.45, 7) is 9.83. The molecule has 6 nitrogen and oxygen atoms in total. The zero-order valence-electron chi connectivity index (χ0n) is 16.9. The van der Waals surface area contributed by atoms with Crippen LogP contribution in [0, 0.1) is 23.7 Å². The first kappa shape index (κ1) is 22.1. The Morgan fingerprint density at radius 3 is 2.44 bits per heavy atom. The summed E-state index contributed by atoms with van der Waals surface area (Å²) < 4.78 is 12.7. The molecular formula is C21H34O6. The van der Waals surface area contributed by atoms with Crippen molar-refractivity contribution in [2.24, 2.45) is 23.7 Å². The molecule has 0 bridgehead atoms. The maximum absolute atomic E-state index is 10.9. The zero-order chi connectivity index (χ0) is 20.4. The Hall–Kier alpha value is -1.21. The van der Waals surface area contributed by atoms with Crippen molar-refractivity contribution in [2.75, 3.05) is 0 Å². The van der Waals surface area contributed by atoms with Crippen LogP contribution in [0.4, 0.5) is 0 Å². The second-order valence-corrected chi connectivity index (χ2v) is 8.14. The van der Waals surface area contributed by atoms with Crippen LogP contribution in [-0.4, -0.2) is 51.5 Å². The van der Waals surface area contributed by atoms with Gasteiger partial charge >= 0.3 is 5.97 Å². The second-order valence-electron chi connectivity index (χ2n) is 8.14. The summed E-state index contributed by atoms with van der Waals surface area (Å²) in [5, 5.41) is 30.2. The molecule has 2 aliphatic heterocycles. The van der Waals surface area contributed by atoms with E-state index in [9.17, 15) is 15.0 Å². The van der Waals surface area contributed by atoms with E-state index in [0.717, 1.165) is 12.5 Å². The third kappa shape index (κ3) is 4.62. The quantitative estimate of drug-likeness (QED) is 0.500. The smallest absolute Gasteiger partial charge is 0.328 e. The van der Waals surface area contributed by atoms with Crippen LogP contribution in [0.5, 0.6) is 0 Å². The first-order valence-electron chi connectivity index (χ1n) is 9.92. The normalized spacial score (nSPS) is 44.2. The highest BCUT2D eigenvalue weighted by atomic mass is 16.7. The van der Waals surface area contributed by atoms with E-state index in [4.69, 9.17) is 14.6 Å². The lowest BCUT2D eigenvalue weighted by Crippen LogP contribution is -2.64. The fourth-order valence-corrected chi connectivity index (χ4v) is 4.61. The van der Waals surface area contributed by atoms with E-state index in [0.29, 0.717) is 6.42 Å². The van der Waals surface area contributed by atoms with Crippen LogP contribution in [0.15, 0.2) is 24.3 Å². The van der Waals surface area contributed by atoms with Crippen molar-refractivity contribution < 1.29 is 29.6 Å². The van der Waals surface area contributed by atoms with E-state index >= 15 is 0 Å². The van der Waals surface area contributed by atoms with E-state index < -0.39 is 24.0 Å². The number of hydrogen-bond donors (Lipinski definition) is 3. The maximum atomic E-state index is 10.9. The highest BCUT2D eigenvalue weighted by Gasteiger charge is 2.57. The molecule has 0 aromatic rings. The highest BCUT2D eigenvalue weighted by molar-refractivity contribution is 5.80. The number of ether oxygens (including phenoxy) is 2. The van der Waals surface area contributed by atoms with E-state index in [1.807, 2.05) is 40.7 Å². The second kappa shape index (κ2) is 8.86. The molecule has 0 aromatic carbocycles. The molecule has 0 saturated carbocycles. The largest absolute Gasteiger partial charge is 0.478 e. The predicted molar refractivity (Wildman–Crippen MR) is 102 cm³/mol. The van der Waals surface area contributed by atoms with Crippen LogP contribution in [0.25, 0.3) is 0 Å². The fourth-order valence-electron chi connectivity index (χ4n) is 4.61. The molecular weight excluding hydrogens is 348 g/mol. The molecule has 2 heterocycles. The first-order valence-corrected chi connectivity index (χ1v) is 9.92. The topological polar surface area (TPSA) is 96.2 Å². The average Bonchev–Trinajstić information content (AvgIpc) is 2.59. The van der Waals surface area contributed by atoms with Crippen molar-refractivity contribution >= 4 is 5.97 Å². The van der Waals surface area contributed by atoms with Crippen molar-refractivity contribution in [2.45, 2.75) is 77.7 Å². The van der Waals surface area contributed by atoms with Crippen LogP contribution < -0.4 is 0 Å². The van der Waals surface area contributed by atoms with Crippen LogP contribution in [0.3, 0.4) is 0 Å². The standard InChI is InChI=1S/C21H34O6/c1-6-16-15(5)26-21(11-17(16)22)14(4)19(25)13(3)20(27-21)12(2)9-7-8-10-18(23)24/h7-10,12-17,19-20,22,25H,6,11H2,1-5H3,(H,23,24)/b9-7+,10-8+. The monoisotopic (exact) mass is 382 g/mol. The van der Waals surface area contributed by atoms with Gasteiger partial charge in [0.2, 0.25) is 0 Å². The fraction of sp³-hybridized carbons (Fsp3) is 0.762. The molecule has 2 aliphatic rings. The Labute approximate surface area is 161 Å². The Balaban J connectivity index is 2.22. The van der Waals surface area contributed by atoms with Crippen molar-refractivity contribution in [1.29, 1.82) is 0 Å². The molecule has 27 heavy (non-hydrogen) atoms. The zero-order valence-corrected chi connectivity index (χ0v) is 16.9. The molecule has 2 rings (SSSR count). The summed E-state index contributed by atoms with van der Waals surface area (Å²) in [7, 11) is 0. The molecule has 1 spiro atoms. The minimum Gasteiger partial charge on any atom is -0.478 e. The molecule has 0 radical (unpaired) electrons. The summed E-state index contributed by atoms with van der Waals surface area (Å²) in [4.78, 5) is 10.6. The number of carbonyl (C=O) groups is 1. The number of allylic oxidation sites excluding steroid dienone is 2. The van der Waals surface area contributed by atoms with Crippen molar-refractivity contribution in [3.63, 3.8) is 0 Å². The number of aliphatic hydroxyl groups excluding tert-OH is 2. The summed E-state index contributed by atoms with van der Waals surface area (Å²) in [5.74, 6) is -2.39. The minimum atomic E-state index is -1.01. The molecule has 2 fully saturated rings. The van der Waals surface area contributed by atoms with Gasteiger partial charge in [0.05, 0.1) is 24.4 Å².